The molecule has 2 atom stereocenters. The number of carbonyl (C=O) groups excluding carboxylic acids is 1. The lowest BCUT2D eigenvalue weighted by Gasteiger charge is -2.32. The van der Waals surface area contributed by atoms with Crippen molar-refractivity contribution in [1.82, 2.24) is 5.32 Å². The molecule has 0 aliphatic carbocycles. The van der Waals surface area contributed by atoms with E-state index in [0.717, 1.165) is 0 Å². The van der Waals surface area contributed by atoms with Crippen LogP contribution in [0.25, 0.3) is 0 Å². The smallest absolute Gasteiger partial charge is 0.325 e. The van der Waals surface area contributed by atoms with E-state index in [0.29, 0.717) is 32.8 Å². The summed E-state index contributed by atoms with van der Waals surface area (Å²) in [5.41, 5.74) is -0.751. The van der Waals surface area contributed by atoms with Gasteiger partial charge in [0.15, 0.2) is 0 Å². The molecule has 0 saturated heterocycles. The van der Waals surface area contributed by atoms with Crippen LogP contribution in [-0.2, 0) is 23.7 Å². The maximum absolute atomic E-state index is 12.0. The molecule has 0 aromatic heterocycles. The van der Waals surface area contributed by atoms with Crippen molar-refractivity contribution in [2.24, 2.45) is 0 Å². The molecule has 0 aromatic rings. The maximum Gasteiger partial charge on any atom is 0.325 e. The second kappa shape index (κ2) is 11.0. The van der Waals surface area contributed by atoms with Crippen LogP contribution in [0.3, 0.4) is 0 Å². The normalized spacial score (nSPS) is 15.8. The summed E-state index contributed by atoms with van der Waals surface area (Å²) in [7, 11) is 3.04. The molecular weight excluding hydrogens is 274 g/mol. The zero-order valence-electron chi connectivity index (χ0n) is 14.2. The third-order valence-corrected chi connectivity index (χ3v) is 3.00. The minimum absolute atomic E-state index is 0.0774. The average Bonchev–Trinajstić information content (AvgIpc) is 2.40. The first-order valence-electron chi connectivity index (χ1n) is 7.40. The highest BCUT2D eigenvalue weighted by Crippen LogP contribution is 2.17. The Labute approximate surface area is 128 Å². The molecule has 0 aliphatic rings. The maximum atomic E-state index is 12.0. The highest BCUT2D eigenvalue weighted by molar-refractivity contribution is 5.80. The minimum atomic E-state index is -0.751. The van der Waals surface area contributed by atoms with Gasteiger partial charge in [-0.15, -0.1) is 0 Å². The van der Waals surface area contributed by atoms with Crippen molar-refractivity contribution in [3.63, 3.8) is 0 Å². The molecule has 6 heteroatoms. The molecule has 126 valence electrons. The second-order valence-electron chi connectivity index (χ2n) is 5.61. The van der Waals surface area contributed by atoms with E-state index >= 15 is 0 Å². The molecule has 0 saturated carbocycles. The number of rotatable bonds is 12. The third kappa shape index (κ3) is 9.03. The molecule has 0 fully saturated rings. The van der Waals surface area contributed by atoms with Crippen molar-refractivity contribution in [1.29, 1.82) is 0 Å². The lowest BCUT2D eigenvalue weighted by Crippen LogP contribution is -2.54. The van der Waals surface area contributed by atoms with Crippen LogP contribution in [0.15, 0.2) is 0 Å². The van der Waals surface area contributed by atoms with Crippen molar-refractivity contribution in [2.45, 2.75) is 51.8 Å². The summed E-state index contributed by atoms with van der Waals surface area (Å²) >= 11 is 0. The monoisotopic (exact) mass is 305 g/mol. The largest absolute Gasteiger partial charge is 0.468 e. The molecule has 2 unspecified atom stereocenters. The second-order valence-corrected chi connectivity index (χ2v) is 5.61. The third-order valence-electron chi connectivity index (χ3n) is 3.00. The first kappa shape index (κ1) is 20.3. The highest BCUT2D eigenvalue weighted by atomic mass is 16.5. The Morgan fingerprint density at radius 2 is 1.71 bits per heavy atom. The van der Waals surface area contributed by atoms with Gasteiger partial charge in [0, 0.05) is 19.6 Å². The molecule has 6 nitrogen and oxygen atoms in total. The van der Waals surface area contributed by atoms with Crippen molar-refractivity contribution >= 4 is 5.97 Å². The molecular formula is C15H31NO5. The lowest BCUT2D eigenvalue weighted by atomic mass is 9.94. The summed E-state index contributed by atoms with van der Waals surface area (Å²) in [6, 6.07) is 0.179. The van der Waals surface area contributed by atoms with Crippen LogP contribution < -0.4 is 5.32 Å². The van der Waals surface area contributed by atoms with E-state index in [1.807, 2.05) is 27.7 Å². The van der Waals surface area contributed by atoms with Crippen molar-refractivity contribution < 1.29 is 23.7 Å². The molecule has 21 heavy (non-hydrogen) atoms. The van der Waals surface area contributed by atoms with Crippen LogP contribution in [0.5, 0.6) is 0 Å². The number of methoxy groups -OCH3 is 2. The standard InChI is InChI=1S/C15H31NO5/c1-12(2)16-15(4,14(17)19-6)11-13(3)21-10-9-20-8-7-18-5/h12-13,16H,7-11H2,1-6H3. The fourth-order valence-electron chi connectivity index (χ4n) is 2.25. The van der Waals surface area contributed by atoms with E-state index in [4.69, 9.17) is 18.9 Å². The Bertz CT molecular complexity index is 285. The first-order chi connectivity index (χ1) is 9.85. The summed E-state index contributed by atoms with van der Waals surface area (Å²) in [5, 5.41) is 3.25. The van der Waals surface area contributed by atoms with Crippen LogP contribution in [0.4, 0.5) is 0 Å². The zero-order valence-corrected chi connectivity index (χ0v) is 14.2. The van der Waals surface area contributed by atoms with E-state index in [9.17, 15) is 4.79 Å². The zero-order chi connectivity index (χ0) is 16.3. The number of nitrogens with one attached hydrogen (secondary N) is 1. The molecule has 0 radical (unpaired) electrons. The molecule has 0 rings (SSSR count). The van der Waals surface area contributed by atoms with E-state index in [2.05, 4.69) is 5.32 Å². The van der Waals surface area contributed by atoms with Crippen LogP contribution in [0, 0.1) is 0 Å². The van der Waals surface area contributed by atoms with Gasteiger partial charge in [-0.1, -0.05) is 0 Å². The number of ether oxygens (including phenoxy) is 4. The molecule has 0 heterocycles. The summed E-state index contributed by atoms with van der Waals surface area (Å²) in [4.78, 5) is 12.0. The fraction of sp³-hybridized carbons (Fsp3) is 0.933. The molecule has 1 N–H and O–H groups in total. The molecule has 0 aromatic carbocycles. The van der Waals surface area contributed by atoms with Gasteiger partial charge in [-0.3, -0.25) is 10.1 Å². The number of hydrogen-bond donors (Lipinski definition) is 1. The Morgan fingerprint density at radius 3 is 2.24 bits per heavy atom. The van der Waals surface area contributed by atoms with Gasteiger partial charge >= 0.3 is 5.97 Å². The van der Waals surface area contributed by atoms with Crippen LogP contribution >= 0.6 is 0 Å². The van der Waals surface area contributed by atoms with E-state index in [1.54, 1.807) is 7.11 Å². The van der Waals surface area contributed by atoms with E-state index in [1.165, 1.54) is 7.11 Å². The Morgan fingerprint density at radius 1 is 1.10 bits per heavy atom. The average molecular weight is 305 g/mol. The van der Waals surface area contributed by atoms with Crippen molar-refractivity contribution in [3.05, 3.63) is 0 Å². The summed E-state index contributed by atoms with van der Waals surface area (Å²) < 4.78 is 20.8. The lowest BCUT2D eigenvalue weighted by molar-refractivity contribution is -0.150. The summed E-state index contributed by atoms with van der Waals surface area (Å²) in [6.45, 7) is 9.92. The predicted molar refractivity (Wildman–Crippen MR) is 81.4 cm³/mol. The van der Waals surface area contributed by atoms with Gasteiger partial charge in [-0.05, 0) is 27.7 Å². The summed E-state index contributed by atoms with van der Waals surface area (Å²) in [5.74, 6) is -0.275. The minimum Gasteiger partial charge on any atom is -0.468 e. The van der Waals surface area contributed by atoms with Gasteiger partial charge in [0.2, 0.25) is 0 Å². The van der Waals surface area contributed by atoms with Crippen LogP contribution in [0.2, 0.25) is 0 Å². The highest BCUT2D eigenvalue weighted by Gasteiger charge is 2.36. The SMILES string of the molecule is COCCOCCOC(C)CC(C)(NC(C)C)C(=O)OC. The van der Waals surface area contributed by atoms with Crippen LogP contribution in [-0.4, -0.2) is 64.3 Å². The number of esters is 1. The van der Waals surface area contributed by atoms with E-state index < -0.39 is 5.54 Å². The van der Waals surface area contributed by atoms with E-state index in [-0.39, 0.29) is 18.1 Å². The molecule has 0 spiro atoms. The summed E-state index contributed by atoms with van der Waals surface area (Å²) in [6.07, 6.45) is 0.460. The van der Waals surface area contributed by atoms with Gasteiger partial charge < -0.3 is 18.9 Å². The van der Waals surface area contributed by atoms with Gasteiger partial charge in [0.25, 0.3) is 0 Å². The molecule has 0 aliphatic heterocycles. The molecule has 0 amide bonds. The Balaban J connectivity index is 4.16. The molecule has 0 bridgehead atoms. The van der Waals surface area contributed by atoms with Gasteiger partial charge in [-0.2, -0.15) is 0 Å². The van der Waals surface area contributed by atoms with Gasteiger partial charge in [0.1, 0.15) is 5.54 Å². The Hall–Kier alpha value is -0.690. The first-order valence-corrected chi connectivity index (χ1v) is 7.40. The predicted octanol–water partition coefficient (Wildman–Crippen LogP) is 1.37. The quantitative estimate of drug-likeness (QED) is 0.434. The van der Waals surface area contributed by atoms with Gasteiger partial charge in [0.05, 0.1) is 39.6 Å². The Kier molecular flexibility index (Phi) is 10.6. The number of carbonyl (C=O) groups is 1. The van der Waals surface area contributed by atoms with Crippen molar-refractivity contribution in [3.8, 4) is 0 Å². The number of hydrogen-bond acceptors (Lipinski definition) is 6. The van der Waals surface area contributed by atoms with Crippen LogP contribution in [0.1, 0.15) is 34.1 Å². The fourth-order valence-corrected chi connectivity index (χ4v) is 2.25. The topological polar surface area (TPSA) is 66.0 Å². The van der Waals surface area contributed by atoms with Gasteiger partial charge in [-0.25, -0.2) is 0 Å². The van der Waals surface area contributed by atoms with Crippen molar-refractivity contribution in [2.75, 3.05) is 40.6 Å².